The molecule has 0 unspecified atom stereocenters. The number of hydrogen-bond donors (Lipinski definition) is 2. The Morgan fingerprint density at radius 1 is 1.18 bits per heavy atom. The van der Waals surface area contributed by atoms with Crippen molar-refractivity contribution in [3.8, 4) is 5.75 Å². The molecule has 0 radical (unpaired) electrons. The van der Waals surface area contributed by atoms with Gasteiger partial charge in [0.2, 0.25) is 0 Å². The third kappa shape index (κ3) is 3.13. The van der Waals surface area contributed by atoms with Crippen molar-refractivity contribution in [1.82, 2.24) is 10.3 Å². The molecule has 1 atom stereocenters. The second kappa shape index (κ2) is 7.23. The monoisotopic (exact) mass is 376 g/mol. The number of aromatic amines is 1. The number of ether oxygens (including phenoxy) is 1. The second-order valence-corrected chi connectivity index (χ2v) is 6.53. The predicted octanol–water partition coefficient (Wildman–Crippen LogP) is 4.16. The van der Waals surface area contributed by atoms with Crippen LogP contribution in [0.5, 0.6) is 5.75 Å². The Labute approximate surface area is 161 Å². The first-order valence-corrected chi connectivity index (χ1v) is 9.15. The maximum Gasteiger partial charge on any atom is 0.255 e. The first-order valence-electron chi connectivity index (χ1n) is 9.15. The Morgan fingerprint density at radius 2 is 1.96 bits per heavy atom. The van der Waals surface area contributed by atoms with Crippen LogP contribution in [0.3, 0.4) is 0 Å². The number of hydrogen-bond acceptors (Lipinski definition) is 4. The van der Waals surface area contributed by atoms with E-state index in [1.54, 1.807) is 24.3 Å². The van der Waals surface area contributed by atoms with Gasteiger partial charge in [0.15, 0.2) is 11.3 Å². The van der Waals surface area contributed by atoms with Crippen LogP contribution in [0.2, 0.25) is 0 Å². The number of rotatable bonds is 5. The molecule has 2 aromatic carbocycles. The lowest BCUT2D eigenvalue weighted by atomic mass is 10.1. The van der Waals surface area contributed by atoms with Gasteiger partial charge in [0.05, 0.1) is 18.2 Å². The van der Waals surface area contributed by atoms with Crippen LogP contribution >= 0.6 is 0 Å². The van der Waals surface area contributed by atoms with E-state index in [0.717, 1.165) is 5.39 Å². The zero-order chi connectivity index (χ0) is 19.7. The Morgan fingerprint density at radius 3 is 2.75 bits per heavy atom. The molecule has 142 valence electrons. The van der Waals surface area contributed by atoms with Gasteiger partial charge in [0.1, 0.15) is 5.76 Å². The van der Waals surface area contributed by atoms with Crippen molar-refractivity contribution in [2.45, 2.75) is 19.9 Å². The van der Waals surface area contributed by atoms with Crippen molar-refractivity contribution >= 4 is 27.6 Å². The number of fused-ring (bicyclic) bond motifs is 2. The quantitative estimate of drug-likeness (QED) is 0.548. The SMILES string of the molecule is CCOc1cccc2cc([C@H](C)NC(=O)c3c[nH]c(=O)c4ccccc34)oc12. The molecule has 0 aliphatic carbocycles. The fraction of sp³-hybridized carbons (Fsp3) is 0.182. The van der Waals surface area contributed by atoms with Gasteiger partial charge >= 0.3 is 0 Å². The summed E-state index contributed by atoms with van der Waals surface area (Å²) >= 11 is 0. The Hall–Kier alpha value is -3.54. The van der Waals surface area contributed by atoms with Crippen molar-refractivity contribution in [3.63, 3.8) is 0 Å². The summed E-state index contributed by atoms with van der Waals surface area (Å²) in [4.78, 5) is 27.4. The van der Waals surface area contributed by atoms with Gasteiger partial charge in [-0.2, -0.15) is 0 Å². The van der Waals surface area contributed by atoms with Gasteiger partial charge < -0.3 is 19.5 Å². The van der Waals surface area contributed by atoms with E-state index in [4.69, 9.17) is 9.15 Å². The van der Waals surface area contributed by atoms with Crippen molar-refractivity contribution in [2.75, 3.05) is 6.61 Å². The molecule has 6 nitrogen and oxygen atoms in total. The Balaban J connectivity index is 1.64. The van der Waals surface area contributed by atoms with Gasteiger partial charge in [-0.3, -0.25) is 9.59 Å². The van der Waals surface area contributed by atoms with E-state index in [9.17, 15) is 9.59 Å². The van der Waals surface area contributed by atoms with Crippen molar-refractivity contribution in [1.29, 1.82) is 0 Å². The van der Waals surface area contributed by atoms with Crippen LogP contribution in [0, 0.1) is 0 Å². The summed E-state index contributed by atoms with van der Waals surface area (Å²) in [6, 6.07) is 14.3. The molecule has 0 saturated heterocycles. The van der Waals surface area contributed by atoms with E-state index in [0.29, 0.717) is 40.0 Å². The molecule has 0 spiro atoms. The number of nitrogens with one attached hydrogen (secondary N) is 2. The summed E-state index contributed by atoms with van der Waals surface area (Å²) in [5, 5.41) is 4.94. The number of furan rings is 1. The summed E-state index contributed by atoms with van der Waals surface area (Å²) in [6.45, 7) is 4.31. The highest BCUT2D eigenvalue weighted by Crippen LogP contribution is 2.31. The number of H-pyrrole nitrogens is 1. The second-order valence-electron chi connectivity index (χ2n) is 6.53. The normalized spacial score (nSPS) is 12.2. The highest BCUT2D eigenvalue weighted by molar-refractivity contribution is 6.06. The zero-order valence-electron chi connectivity index (χ0n) is 15.6. The van der Waals surface area contributed by atoms with Crippen LogP contribution in [-0.2, 0) is 0 Å². The number of para-hydroxylation sites is 1. The lowest BCUT2D eigenvalue weighted by Gasteiger charge is -2.12. The maximum absolute atomic E-state index is 12.8. The first-order chi connectivity index (χ1) is 13.6. The molecule has 28 heavy (non-hydrogen) atoms. The van der Waals surface area contributed by atoms with Crippen molar-refractivity contribution in [2.24, 2.45) is 0 Å². The van der Waals surface area contributed by atoms with Gasteiger partial charge in [-0.25, -0.2) is 0 Å². The number of aromatic nitrogens is 1. The molecule has 2 aromatic heterocycles. The topological polar surface area (TPSA) is 84.3 Å². The van der Waals surface area contributed by atoms with Crippen molar-refractivity contribution < 1.29 is 13.9 Å². The lowest BCUT2D eigenvalue weighted by molar-refractivity contribution is 0.0937. The average molecular weight is 376 g/mol. The van der Waals surface area contributed by atoms with Gasteiger partial charge in [0, 0.05) is 22.4 Å². The minimum absolute atomic E-state index is 0.221. The molecular formula is C22H20N2O4. The molecule has 2 heterocycles. The number of amides is 1. The highest BCUT2D eigenvalue weighted by Gasteiger charge is 2.19. The van der Waals surface area contributed by atoms with Crippen LogP contribution in [0.4, 0.5) is 0 Å². The minimum atomic E-state index is -0.361. The van der Waals surface area contributed by atoms with Crippen LogP contribution in [-0.4, -0.2) is 17.5 Å². The zero-order valence-corrected chi connectivity index (χ0v) is 15.6. The van der Waals surface area contributed by atoms with Crippen molar-refractivity contribution in [3.05, 3.63) is 76.4 Å². The number of pyridine rings is 1. The maximum atomic E-state index is 12.8. The molecule has 6 heteroatoms. The molecule has 4 aromatic rings. The van der Waals surface area contributed by atoms with Gasteiger partial charge in [-0.1, -0.05) is 30.3 Å². The van der Waals surface area contributed by atoms with Crippen LogP contribution in [0.1, 0.15) is 36.0 Å². The smallest absolute Gasteiger partial charge is 0.255 e. The van der Waals surface area contributed by atoms with E-state index >= 15 is 0 Å². The van der Waals surface area contributed by atoms with E-state index < -0.39 is 0 Å². The van der Waals surface area contributed by atoms with E-state index in [-0.39, 0.29) is 17.5 Å². The molecule has 0 bridgehead atoms. The third-order valence-corrected chi connectivity index (χ3v) is 4.66. The van der Waals surface area contributed by atoms with Crippen LogP contribution in [0.15, 0.2) is 63.9 Å². The molecule has 0 fully saturated rings. The van der Waals surface area contributed by atoms with Gasteiger partial charge in [-0.15, -0.1) is 0 Å². The molecule has 0 aliphatic heterocycles. The van der Waals surface area contributed by atoms with Crippen LogP contribution in [0.25, 0.3) is 21.7 Å². The molecule has 2 N–H and O–H groups in total. The van der Waals surface area contributed by atoms with E-state index in [1.165, 1.54) is 6.20 Å². The molecule has 0 aliphatic rings. The van der Waals surface area contributed by atoms with Crippen LogP contribution < -0.4 is 15.6 Å². The summed E-state index contributed by atoms with van der Waals surface area (Å²) < 4.78 is 11.6. The van der Waals surface area contributed by atoms with Gasteiger partial charge in [-0.05, 0) is 32.0 Å². The minimum Gasteiger partial charge on any atom is -0.490 e. The number of carbonyl (C=O) groups excluding carboxylic acids is 1. The summed E-state index contributed by atoms with van der Waals surface area (Å²) in [5.41, 5.74) is 0.851. The highest BCUT2D eigenvalue weighted by atomic mass is 16.5. The Bertz CT molecular complexity index is 1220. The number of benzene rings is 2. The Kier molecular flexibility index (Phi) is 4.61. The fourth-order valence-corrected chi connectivity index (χ4v) is 3.28. The predicted molar refractivity (Wildman–Crippen MR) is 108 cm³/mol. The molecule has 4 rings (SSSR count). The average Bonchev–Trinajstić information content (AvgIpc) is 3.14. The third-order valence-electron chi connectivity index (χ3n) is 4.66. The lowest BCUT2D eigenvalue weighted by Crippen LogP contribution is -2.27. The largest absolute Gasteiger partial charge is 0.490 e. The first kappa shape index (κ1) is 17.9. The summed E-state index contributed by atoms with van der Waals surface area (Å²) in [7, 11) is 0. The number of carbonyl (C=O) groups is 1. The van der Waals surface area contributed by atoms with E-state index in [2.05, 4.69) is 10.3 Å². The fourth-order valence-electron chi connectivity index (χ4n) is 3.28. The summed E-state index contributed by atoms with van der Waals surface area (Å²) in [6.07, 6.45) is 1.44. The molecular weight excluding hydrogens is 356 g/mol. The molecule has 1 amide bonds. The standard InChI is InChI=1S/C22H20N2O4/c1-3-27-18-10-6-7-14-11-19(28-20(14)18)13(2)24-22(26)17-12-23-21(25)16-9-5-4-8-15(16)17/h4-13H,3H2,1-2H3,(H,23,25)(H,24,26)/t13-/m0/s1. The summed E-state index contributed by atoms with van der Waals surface area (Å²) in [5.74, 6) is 1.02. The van der Waals surface area contributed by atoms with Gasteiger partial charge in [0.25, 0.3) is 11.5 Å². The van der Waals surface area contributed by atoms with E-state index in [1.807, 2.05) is 38.1 Å². The molecule has 0 saturated carbocycles.